The van der Waals surface area contributed by atoms with Crippen molar-refractivity contribution in [1.29, 1.82) is 0 Å². The largest absolute Gasteiger partial charge is 0.326 e. The predicted molar refractivity (Wildman–Crippen MR) is 86.9 cm³/mol. The number of fused-ring (bicyclic) bond motifs is 1. The van der Waals surface area contributed by atoms with Crippen molar-refractivity contribution in [3.8, 4) is 0 Å². The Morgan fingerprint density at radius 3 is 2.68 bits per heavy atom. The van der Waals surface area contributed by atoms with Crippen molar-refractivity contribution in [3.05, 3.63) is 59.7 Å². The molecule has 1 aliphatic heterocycles. The summed E-state index contributed by atoms with van der Waals surface area (Å²) in [7, 11) is 1.79. The molecule has 0 radical (unpaired) electrons. The fourth-order valence-corrected chi connectivity index (χ4v) is 2.73. The molecule has 0 bridgehead atoms. The Bertz CT molecular complexity index is 710. The molecule has 0 unspecified atom stereocenters. The monoisotopic (exact) mass is 294 g/mol. The quantitative estimate of drug-likeness (QED) is 0.946. The topological polar surface area (TPSA) is 49.4 Å². The van der Waals surface area contributed by atoms with Gasteiger partial charge in [-0.15, -0.1) is 0 Å². The van der Waals surface area contributed by atoms with E-state index in [-0.39, 0.29) is 11.8 Å². The third kappa shape index (κ3) is 3.01. The van der Waals surface area contributed by atoms with Crippen molar-refractivity contribution in [2.75, 3.05) is 17.3 Å². The Labute approximate surface area is 129 Å². The van der Waals surface area contributed by atoms with Crippen LogP contribution in [0.2, 0.25) is 0 Å². The molecule has 2 amide bonds. The van der Waals surface area contributed by atoms with Crippen LogP contribution in [0.15, 0.2) is 48.5 Å². The summed E-state index contributed by atoms with van der Waals surface area (Å²) in [5.41, 5.74) is 3.85. The Morgan fingerprint density at radius 2 is 1.91 bits per heavy atom. The van der Waals surface area contributed by atoms with E-state index >= 15 is 0 Å². The van der Waals surface area contributed by atoms with Gasteiger partial charge in [0.05, 0.1) is 6.42 Å². The second-order valence-corrected chi connectivity index (χ2v) is 5.51. The molecule has 0 aromatic heterocycles. The molecular weight excluding hydrogens is 276 g/mol. The molecule has 1 N–H and O–H groups in total. The molecule has 0 fully saturated rings. The average Bonchev–Trinajstić information content (AvgIpc) is 2.52. The molecule has 4 nitrogen and oxygen atoms in total. The molecule has 112 valence electrons. The van der Waals surface area contributed by atoms with Crippen LogP contribution in [0.1, 0.15) is 17.5 Å². The first-order valence-corrected chi connectivity index (χ1v) is 7.37. The van der Waals surface area contributed by atoms with Crippen LogP contribution in [0.3, 0.4) is 0 Å². The van der Waals surface area contributed by atoms with Gasteiger partial charge in [0.1, 0.15) is 0 Å². The minimum Gasteiger partial charge on any atom is -0.326 e. The van der Waals surface area contributed by atoms with Crippen molar-refractivity contribution in [2.24, 2.45) is 0 Å². The highest BCUT2D eigenvalue weighted by molar-refractivity contribution is 5.96. The fraction of sp³-hybridized carbons (Fsp3) is 0.222. The molecule has 3 rings (SSSR count). The van der Waals surface area contributed by atoms with Gasteiger partial charge in [0.2, 0.25) is 11.8 Å². The summed E-state index contributed by atoms with van der Waals surface area (Å²) in [4.78, 5) is 25.5. The maximum Gasteiger partial charge on any atom is 0.228 e. The fourth-order valence-electron chi connectivity index (χ4n) is 2.73. The van der Waals surface area contributed by atoms with E-state index in [2.05, 4.69) is 5.32 Å². The van der Waals surface area contributed by atoms with E-state index in [4.69, 9.17) is 0 Å². The highest BCUT2D eigenvalue weighted by atomic mass is 16.2. The lowest BCUT2D eigenvalue weighted by Crippen LogP contribution is -2.31. The van der Waals surface area contributed by atoms with Crippen molar-refractivity contribution in [2.45, 2.75) is 19.3 Å². The van der Waals surface area contributed by atoms with Gasteiger partial charge in [-0.1, -0.05) is 30.3 Å². The number of hydrogen-bond donors (Lipinski definition) is 1. The Hall–Kier alpha value is -2.62. The first-order valence-electron chi connectivity index (χ1n) is 7.37. The number of anilines is 2. The van der Waals surface area contributed by atoms with E-state index in [0.717, 1.165) is 28.9 Å². The molecule has 1 heterocycles. The maximum absolute atomic E-state index is 12.1. The van der Waals surface area contributed by atoms with Gasteiger partial charge in [-0.3, -0.25) is 9.59 Å². The summed E-state index contributed by atoms with van der Waals surface area (Å²) in [6.07, 6.45) is 1.61. The maximum atomic E-state index is 12.1. The smallest absolute Gasteiger partial charge is 0.228 e. The summed E-state index contributed by atoms with van der Waals surface area (Å²) in [5, 5.41) is 2.88. The second kappa shape index (κ2) is 6.02. The van der Waals surface area contributed by atoms with Gasteiger partial charge in [0.25, 0.3) is 0 Å². The minimum absolute atomic E-state index is 0.0357. The number of aryl methyl sites for hydroxylation is 1. The van der Waals surface area contributed by atoms with Crippen molar-refractivity contribution >= 4 is 23.2 Å². The van der Waals surface area contributed by atoms with Crippen LogP contribution >= 0.6 is 0 Å². The van der Waals surface area contributed by atoms with E-state index in [1.807, 2.05) is 48.5 Å². The first kappa shape index (κ1) is 14.3. The van der Waals surface area contributed by atoms with E-state index in [0.29, 0.717) is 12.8 Å². The number of carbonyl (C=O) groups excluding carboxylic acids is 2. The van der Waals surface area contributed by atoms with Gasteiger partial charge < -0.3 is 10.2 Å². The minimum atomic E-state index is -0.0357. The van der Waals surface area contributed by atoms with E-state index < -0.39 is 0 Å². The van der Waals surface area contributed by atoms with Gasteiger partial charge in [0.15, 0.2) is 0 Å². The summed E-state index contributed by atoms with van der Waals surface area (Å²) in [6, 6.07) is 15.3. The molecule has 22 heavy (non-hydrogen) atoms. The van der Waals surface area contributed by atoms with Crippen molar-refractivity contribution in [1.82, 2.24) is 0 Å². The molecular formula is C18H18N2O2. The lowest BCUT2D eigenvalue weighted by molar-refractivity contribution is -0.118. The number of nitrogens with one attached hydrogen (secondary N) is 1. The number of carbonyl (C=O) groups is 2. The van der Waals surface area contributed by atoms with Crippen molar-refractivity contribution in [3.63, 3.8) is 0 Å². The summed E-state index contributed by atoms with van der Waals surface area (Å²) in [6.45, 7) is 0. The predicted octanol–water partition coefficient (Wildman–Crippen LogP) is 2.78. The molecule has 0 saturated carbocycles. The SMILES string of the molecule is CN1C(=O)CCc2cc(CC(=O)Nc3ccccc3)ccc21. The second-order valence-electron chi connectivity index (χ2n) is 5.51. The third-order valence-electron chi connectivity index (χ3n) is 3.91. The molecule has 2 aromatic rings. The molecule has 0 aliphatic carbocycles. The molecule has 0 spiro atoms. The Balaban J connectivity index is 1.71. The standard InChI is InChI=1S/C18H18N2O2/c1-20-16-9-7-13(11-14(16)8-10-18(20)22)12-17(21)19-15-5-3-2-4-6-15/h2-7,9,11H,8,10,12H2,1H3,(H,19,21). The zero-order valence-corrected chi connectivity index (χ0v) is 12.5. The van der Waals surface area contributed by atoms with Crippen LogP contribution in [0, 0.1) is 0 Å². The third-order valence-corrected chi connectivity index (χ3v) is 3.91. The van der Waals surface area contributed by atoms with Gasteiger partial charge in [-0.2, -0.15) is 0 Å². The van der Waals surface area contributed by atoms with Gasteiger partial charge in [-0.25, -0.2) is 0 Å². The van der Waals surface area contributed by atoms with E-state index in [9.17, 15) is 9.59 Å². The van der Waals surface area contributed by atoms with Crippen LogP contribution in [0.4, 0.5) is 11.4 Å². The van der Waals surface area contributed by atoms with Crippen LogP contribution < -0.4 is 10.2 Å². The lowest BCUT2D eigenvalue weighted by atomic mass is 9.98. The average molecular weight is 294 g/mol. The van der Waals surface area contributed by atoms with Crippen LogP contribution in [-0.2, 0) is 22.4 Å². The van der Waals surface area contributed by atoms with Gasteiger partial charge >= 0.3 is 0 Å². The number of para-hydroxylation sites is 1. The first-order chi connectivity index (χ1) is 10.6. The Morgan fingerprint density at radius 1 is 1.14 bits per heavy atom. The van der Waals surface area contributed by atoms with E-state index in [1.54, 1.807) is 11.9 Å². The van der Waals surface area contributed by atoms with E-state index in [1.165, 1.54) is 0 Å². The Kier molecular flexibility index (Phi) is 3.92. The summed E-state index contributed by atoms with van der Waals surface area (Å²) >= 11 is 0. The molecule has 2 aromatic carbocycles. The molecule has 0 saturated heterocycles. The highest BCUT2D eigenvalue weighted by Crippen LogP contribution is 2.27. The summed E-state index contributed by atoms with van der Waals surface area (Å²) < 4.78 is 0. The lowest BCUT2D eigenvalue weighted by Gasteiger charge is -2.26. The zero-order valence-electron chi connectivity index (χ0n) is 12.5. The molecule has 4 heteroatoms. The van der Waals surface area contributed by atoms with Crippen LogP contribution in [-0.4, -0.2) is 18.9 Å². The van der Waals surface area contributed by atoms with Crippen LogP contribution in [0.5, 0.6) is 0 Å². The van der Waals surface area contributed by atoms with Crippen molar-refractivity contribution < 1.29 is 9.59 Å². The molecule has 0 atom stereocenters. The number of rotatable bonds is 3. The zero-order chi connectivity index (χ0) is 15.5. The van der Waals surface area contributed by atoms with Crippen LogP contribution in [0.25, 0.3) is 0 Å². The number of benzene rings is 2. The van der Waals surface area contributed by atoms with Gasteiger partial charge in [0, 0.05) is 24.8 Å². The number of amides is 2. The number of hydrogen-bond acceptors (Lipinski definition) is 2. The summed E-state index contributed by atoms with van der Waals surface area (Å²) in [5.74, 6) is 0.105. The normalized spacial score (nSPS) is 13.7. The highest BCUT2D eigenvalue weighted by Gasteiger charge is 2.21. The number of nitrogens with zero attached hydrogens (tertiary/aromatic N) is 1. The molecule has 1 aliphatic rings. The van der Waals surface area contributed by atoms with Gasteiger partial charge in [-0.05, 0) is 35.7 Å².